The maximum atomic E-state index is 12.9. The molecule has 0 unspecified atom stereocenters. The molecule has 3 aromatic rings. The molecular weight excluding hydrogens is 350 g/mol. The van der Waals surface area contributed by atoms with Crippen molar-refractivity contribution < 1.29 is 4.74 Å². The number of aromatic nitrogens is 2. The standard InChI is InChI=1S/C20H20ClN3O2/c1-26-17-8-6-16(7-9-17)24-20(25)18-13-23(11-10-19(18)22-24)12-14-2-4-15(21)5-3-14/h2-9,22H,10-13H2,1H3. The summed E-state index contributed by atoms with van der Waals surface area (Å²) in [6.07, 6.45) is 0.835. The van der Waals surface area contributed by atoms with E-state index in [1.54, 1.807) is 11.8 Å². The molecule has 0 bridgehead atoms. The Kier molecular flexibility index (Phi) is 4.57. The van der Waals surface area contributed by atoms with Crippen molar-refractivity contribution in [2.24, 2.45) is 0 Å². The monoisotopic (exact) mass is 369 g/mol. The average Bonchev–Trinajstić information content (AvgIpc) is 3.00. The van der Waals surface area contributed by atoms with Gasteiger partial charge in [-0.1, -0.05) is 23.7 Å². The maximum Gasteiger partial charge on any atom is 0.275 e. The van der Waals surface area contributed by atoms with Gasteiger partial charge in [0.1, 0.15) is 5.75 Å². The van der Waals surface area contributed by atoms with Crippen molar-refractivity contribution in [2.75, 3.05) is 13.7 Å². The first kappa shape index (κ1) is 16.9. The smallest absolute Gasteiger partial charge is 0.275 e. The Hall–Kier alpha value is -2.50. The number of hydrogen-bond acceptors (Lipinski definition) is 3. The zero-order valence-electron chi connectivity index (χ0n) is 14.5. The molecule has 2 heterocycles. The van der Waals surface area contributed by atoms with E-state index in [-0.39, 0.29) is 5.56 Å². The van der Waals surface area contributed by atoms with Crippen LogP contribution >= 0.6 is 11.6 Å². The minimum atomic E-state index is 0.0194. The van der Waals surface area contributed by atoms with Gasteiger partial charge in [0.15, 0.2) is 0 Å². The summed E-state index contributed by atoms with van der Waals surface area (Å²) in [5.41, 5.74) is 3.91. The van der Waals surface area contributed by atoms with Gasteiger partial charge in [-0.2, -0.15) is 0 Å². The molecule has 5 nitrogen and oxygen atoms in total. The van der Waals surface area contributed by atoms with Crippen LogP contribution in [0.1, 0.15) is 16.8 Å². The van der Waals surface area contributed by atoms with E-state index in [0.717, 1.165) is 47.2 Å². The van der Waals surface area contributed by atoms with Crippen LogP contribution in [0.4, 0.5) is 0 Å². The van der Waals surface area contributed by atoms with Crippen LogP contribution in [0.15, 0.2) is 53.3 Å². The first-order chi connectivity index (χ1) is 12.6. The SMILES string of the molecule is COc1ccc(-n2[nH]c3c(c2=O)CN(Cc2ccc(Cl)cc2)CC3)cc1. The summed E-state index contributed by atoms with van der Waals surface area (Å²) < 4.78 is 6.80. The fourth-order valence-electron chi connectivity index (χ4n) is 3.36. The zero-order chi connectivity index (χ0) is 18.1. The van der Waals surface area contributed by atoms with E-state index < -0.39 is 0 Å². The van der Waals surface area contributed by atoms with Gasteiger partial charge in [-0.3, -0.25) is 14.8 Å². The van der Waals surface area contributed by atoms with Gasteiger partial charge in [0, 0.05) is 36.8 Å². The van der Waals surface area contributed by atoms with Crippen LogP contribution in [-0.2, 0) is 19.5 Å². The number of nitrogens with one attached hydrogen (secondary N) is 1. The molecule has 4 rings (SSSR count). The highest BCUT2D eigenvalue weighted by molar-refractivity contribution is 6.30. The predicted molar refractivity (Wildman–Crippen MR) is 102 cm³/mol. The molecule has 0 saturated heterocycles. The second-order valence-corrected chi connectivity index (χ2v) is 6.93. The largest absolute Gasteiger partial charge is 0.497 e. The lowest BCUT2D eigenvalue weighted by molar-refractivity contribution is 0.244. The van der Waals surface area contributed by atoms with Crippen LogP contribution in [0.3, 0.4) is 0 Å². The first-order valence-electron chi connectivity index (χ1n) is 8.58. The van der Waals surface area contributed by atoms with Crippen LogP contribution in [0.5, 0.6) is 5.75 Å². The number of nitrogens with zero attached hydrogens (tertiary/aromatic N) is 2. The van der Waals surface area contributed by atoms with Crippen LogP contribution in [-0.4, -0.2) is 28.3 Å². The predicted octanol–water partition coefficient (Wildman–Crippen LogP) is 3.39. The minimum Gasteiger partial charge on any atom is -0.497 e. The maximum absolute atomic E-state index is 12.9. The van der Waals surface area contributed by atoms with Crippen molar-refractivity contribution in [3.63, 3.8) is 0 Å². The van der Waals surface area contributed by atoms with Crippen molar-refractivity contribution in [1.29, 1.82) is 0 Å². The van der Waals surface area contributed by atoms with Gasteiger partial charge >= 0.3 is 0 Å². The molecule has 0 fully saturated rings. The molecule has 1 aromatic heterocycles. The molecule has 0 amide bonds. The molecule has 0 radical (unpaired) electrons. The lowest BCUT2D eigenvalue weighted by atomic mass is 10.1. The minimum absolute atomic E-state index is 0.0194. The second-order valence-electron chi connectivity index (χ2n) is 6.49. The second kappa shape index (κ2) is 7.02. The Bertz CT molecular complexity index is 958. The number of hydrogen-bond donors (Lipinski definition) is 1. The fraction of sp³-hybridized carbons (Fsp3) is 0.250. The first-order valence-corrected chi connectivity index (χ1v) is 8.96. The van der Waals surface area contributed by atoms with Gasteiger partial charge in [-0.15, -0.1) is 0 Å². The number of benzene rings is 2. The topological polar surface area (TPSA) is 50.3 Å². The molecule has 0 spiro atoms. The van der Waals surface area contributed by atoms with Crippen molar-refractivity contribution in [2.45, 2.75) is 19.5 Å². The average molecular weight is 370 g/mol. The molecule has 134 valence electrons. The van der Waals surface area contributed by atoms with Gasteiger partial charge in [0.2, 0.25) is 0 Å². The van der Waals surface area contributed by atoms with Crippen molar-refractivity contribution in [3.05, 3.63) is 80.7 Å². The van der Waals surface area contributed by atoms with Crippen LogP contribution < -0.4 is 10.3 Å². The number of H-pyrrole nitrogens is 1. The number of methoxy groups -OCH3 is 1. The molecule has 2 aromatic carbocycles. The molecule has 0 atom stereocenters. The van der Waals surface area contributed by atoms with Crippen LogP contribution in [0, 0.1) is 0 Å². The Morgan fingerprint density at radius 1 is 1.12 bits per heavy atom. The lowest BCUT2D eigenvalue weighted by Gasteiger charge is -2.25. The number of fused-ring (bicyclic) bond motifs is 1. The van der Waals surface area contributed by atoms with Gasteiger partial charge in [-0.25, -0.2) is 4.68 Å². The molecular formula is C20H20ClN3O2. The number of ether oxygens (including phenoxy) is 1. The Labute approximate surface area is 156 Å². The highest BCUT2D eigenvalue weighted by Gasteiger charge is 2.23. The summed E-state index contributed by atoms with van der Waals surface area (Å²) in [4.78, 5) is 15.2. The summed E-state index contributed by atoms with van der Waals surface area (Å²) in [5, 5.41) is 4.01. The summed E-state index contributed by atoms with van der Waals surface area (Å²) in [7, 11) is 1.63. The Morgan fingerprint density at radius 2 is 1.85 bits per heavy atom. The number of rotatable bonds is 4. The summed E-state index contributed by atoms with van der Waals surface area (Å²) in [5.74, 6) is 0.771. The van der Waals surface area contributed by atoms with E-state index in [4.69, 9.17) is 16.3 Å². The summed E-state index contributed by atoms with van der Waals surface area (Å²) in [6.45, 7) is 2.37. The van der Waals surface area contributed by atoms with Gasteiger partial charge in [-0.05, 0) is 42.0 Å². The molecule has 1 aliphatic heterocycles. The van der Waals surface area contributed by atoms with E-state index in [9.17, 15) is 4.79 Å². The normalized spacial score (nSPS) is 14.2. The highest BCUT2D eigenvalue weighted by Crippen LogP contribution is 2.20. The third kappa shape index (κ3) is 3.28. The Morgan fingerprint density at radius 3 is 2.54 bits per heavy atom. The Balaban J connectivity index is 1.56. The van der Waals surface area contributed by atoms with Crippen molar-refractivity contribution >= 4 is 11.6 Å². The van der Waals surface area contributed by atoms with Gasteiger partial charge in [0.05, 0.1) is 18.4 Å². The zero-order valence-corrected chi connectivity index (χ0v) is 15.3. The van der Waals surface area contributed by atoms with Crippen molar-refractivity contribution in [3.8, 4) is 11.4 Å². The lowest BCUT2D eigenvalue weighted by Crippen LogP contribution is -2.32. The number of halogens is 1. The third-order valence-electron chi connectivity index (χ3n) is 4.78. The van der Waals surface area contributed by atoms with E-state index in [0.29, 0.717) is 6.54 Å². The fourth-order valence-corrected chi connectivity index (χ4v) is 3.48. The summed E-state index contributed by atoms with van der Waals surface area (Å²) >= 11 is 5.95. The van der Waals surface area contributed by atoms with E-state index in [1.807, 2.05) is 48.5 Å². The van der Waals surface area contributed by atoms with E-state index in [2.05, 4.69) is 10.00 Å². The molecule has 6 heteroatoms. The van der Waals surface area contributed by atoms with Crippen LogP contribution in [0.2, 0.25) is 5.02 Å². The molecule has 1 N–H and O–H groups in total. The molecule has 0 saturated carbocycles. The van der Waals surface area contributed by atoms with E-state index in [1.165, 1.54) is 5.56 Å². The van der Waals surface area contributed by atoms with Crippen LogP contribution in [0.25, 0.3) is 5.69 Å². The molecule has 26 heavy (non-hydrogen) atoms. The molecule has 1 aliphatic rings. The summed E-state index contributed by atoms with van der Waals surface area (Å²) in [6, 6.07) is 15.3. The van der Waals surface area contributed by atoms with Gasteiger partial charge in [0.25, 0.3) is 5.56 Å². The van der Waals surface area contributed by atoms with Gasteiger partial charge < -0.3 is 4.74 Å². The highest BCUT2D eigenvalue weighted by atomic mass is 35.5. The third-order valence-corrected chi connectivity index (χ3v) is 5.03. The quantitative estimate of drug-likeness (QED) is 0.767. The van der Waals surface area contributed by atoms with E-state index >= 15 is 0 Å². The number of aromatic amines is 1. The molecule has 0 aliphatic carbocycles. The van der Waals surface area contributed by atoms with Crippen molar-refractivity contribution in [1.82, 2.24) is 14.7 Å².